The summed E-state index contributed by atoms with van der Waals surface area (Å²) >= 11 is 0. The highest BCUT2D eigenvalue weighted by Crippen LogP contribution is 2.19. The Morgan fingerprint density at radius 1 is 1.40 bits per heavy atom. The summed E-state index contributed by atoms with van der Waals surface area (Å²) in [5.41, 5.74) is 0.198. The molecule has 0 spiro atoms. The van der Waals surface area contributed by atoms with E-state index in [2.05, 4.69) is 5.92 Å². The zero-order chi connectivity index (χ0) is 10.8. The lowest BCUT2D eigenvalue weighted by molar-refractivity contribution is 0.414. The minimum absolute atomic E-state index is 0.229. The van der Waals surface area contributed by atoms with Crippen molar-refractivity contribution in [2.75, 3.05) is 7.11 Å². The summed E-state index contributed by atoms with van der Waals surface area (Å²) in [6.45, 7) is 0. The number of hydrogen-bond donors (Lipinski definition) is 0. The SMILES string of the molecule is C#Cc1cc2ccc(OC)cc2oc1=O. The van der Waals surface area contributed by atoms with E-state index >= 15 is 0 Å². The molecule has 0 saturated carbocycles. The van der Waals surface area contributed by atoms with Crippen LogP contribution in [0.5, 0.6) is 5.75 Å². The maximum absolute atomic E-state index is 11.3. The standard InChI is InChI=1S/C12H8O3/c1-3-8-6-9-4-5-10(14-2)7-11(9)15-12(8)13/h1,4-7H,2H3. The van der Waals surface area contributed by atoms with Gasteiger partial charge in [0.1, 0.15) is 16.9 Å². The molecule has 0 fully saturated rings. The topological polar surface area (TPSA) is 39.4 Å². The molecule has 3 heteroatoms. The molecular weight excluding hydrogens is 192 g/mol. The van der Waals surface area contributed by atoms with Crippen molar-refractivity contribution < 1.29 is 9.15 Å². The van der Waals surface area contributed by atoms with Crippen LogP contribution in [0.1, 0.15) is 5.56 Å². The second-order valence-electron chi connectivity index (χ2n) is 3.00. The third-order valence-electron chi connectivity index (χ3n) is 2.10. The molecule has 1 aromatic carbocycles. The summed E-state index contributed by atoms with van der Waals surface area (Å²) < 4.78 is 10.1. The van der Waals surface area contributed by atoms with Gasteiger partial charge in [-0.05, 0) is 18.2 Å². The average Bonchev–Trinajstić information content (AvgIpc) is 2.27. The molecule has 74 valence electrons. The minimum atomic E-state index is -0.502. The molecule has 0 unspecified atom stereocenters. The number of methoxy groups -OCH3 is 1. The zero-order valence-corrected chi connectivity index (χ0v) is 8.11. The van der Waals surface area contributed by atoms with Crippen LogP contribution in [-0.2, 0) is 0 Å². The number of benzene rings is 1. The summed E-state index contributed by atoms with van der Waals surface area (Å²) in [6, 6.07) is 6.85. The fourth-order valence-electron chi connectivity index (χ4n) is 1.32. The summed E-state index contributed by atoms with van der Waals surface area (Å²) in [5, 5.41) is 0.781. The van der Waals surface area contributed by atoms with E-state index in [-0.39, 0.29) is 5.56 Å². The fourth-order valence-corrected chi connectivity index (χ4v) is 1.32. The summed E-state index contributed by atoms with van der Waals surface area (Å²) in [7, 11) is 1.55. The average molecular weight is 200 g/mol. The zero-order valence-electron chi connectivity index (χ0n) is 8.11. The van der Waals surface area contributed by atoms with Crippen LogP contribution in [0.15, 0.2) is 33.5 Å². The Labute approximate surface area is 86.3 Å². The Morgan fingerprint density at radius 2 is 2.20 bits per heavy atom. The van der Waals surface area contributed by atoms with E-state index in [4.69, 9.17) is 15.6 Å². The van der Waals surface area contributed by atoms with E-state index in [1.54, 1.807) is 31.4 Å². The first kappa shape index (κ1) is 9.35. The lowest BCUT2D eigenvalue weighted by Crippen LogP contribution is -2.02. The molecule has 1 heterocycles. The second kappa shape index (κ2) is 3.50. The van der Waals surface area contributed by atoms with E-state index in [1.165, 1.54) is 0 Å². The predicted octanol–water partition coefficient (Wildman–Crippen LogP) is 1.78. The first-order valence-electron chi connectivity index (χ1n) is 4.33. The van der Waals surface area contributed by atoms with Crippen LogP contribution in [0.4, 0.5) is 0 Å². The van der Waals surface area contributed by atoms with E-state index in [0.29, 0.717) is 11.3 Å². The van der Waals surface area contributed by atoms with Gasteiger partial charge in [-0.15, -0.1) is 6.42 Å². The number of ether oxygens (including phenoxy) is 1. The Morgan fingerprint density at radius 3 is 2.87 bits per heavy atom. The summed E-state index contributed by atoms with van der Waals surface area (Å²) in [5.74, 6) is 2.92. The molecule has 0 aliphatic carbocycles. The Kier molecular flexibility index (Phi) is 2.18. The van der Waals surface area contributed by atoms with Crippen molar-refractivity contribution in [3.8, 4) is 18.1 Å². The van der Waals surface area contributed by atoms with Gasteiger partial charge in [0.05, 0.1) is 7.11 Å². The molecule has 0 aliphatic heterocycles. The quantitative estimate of drug-likeness (QED) is 0.520. The summed E-state index contributed by atoms with van der Waals surface area (Å²) in [4.78, 5) is 11.3. The molecule has 2 aromatic rings. The lowest BCUT2D eigenvalue weighted by atomic mass is 10.2. The molecule has 0 atom stereocenters. The van der Waals surface area contributed by atoms with E-state index < -0.39 is 5.63 Å². The molecule has 0 saturated heterocycles. The predicted molar refractivity (Wildman–Crippen MR) is 57.0 cm³/mol. The molecule has 2 rings (SSSR count). The monoisotopic (exact) mass is 200 g/mol. The third-order valence-corrected chi connectivity index (χ3v) is 2.10. The lowest BCUT2D eigenvalue weighted by Gasteiger charge is -2.01. The van der Waals surface area contributed by atoms with Crippen LogP contribution in [0.25, 0.3) is 11.0 Å². The van der Waals surface area contributed by atoms with Gasteiger partial charge in [0.2, 0.25) is 0 Å². The molecule has 15 heavy (non-hydrogen) atoms. The number of hydrogen-bond acceptors (Lipinski definition) is 3. The van der Waals surface area contributed by atoms with Gasteiger partial charge in [0.25, 0.3) is 0 Å². The van der Waals surface area contributed by atoms with Gasteiger partial charge in [-0.25, -0.2) is 4.79 Å². The van der Waals surface area contributed by atoms with Gasteiger partial charge in [-0.2, -0.15) is 0 Å². The van der Waals surface area contributed by atoms with Gasteiger partial charge in [0.15, 0.2) is 0 Å². The molecule has 1 aromatic heterocycles. The van der Waals surface area contributed by atoms with Crippen molar-refractivity contribution in [1.29, 1.82) is 0 Å². The molecule has 3 nitrogen and oxygen atoms in total. The van der Waals surface area contributed by atoms with Crippen LogP contribution in [-0.4, -0.2) is 7.11 Å². The van der Waals surface area contributed by atoms with E-state index in [0.717, 1.165) is 5.39 Å². The highest BCUT2D eigenvalue weighted by atomic mass is 16.5. The maximum Gasteiger partial charge on any atom is 0.352 e. The van der Waals surface area contributed by atoms with Crippen molar-refractivity contribution in [3.05, 3.63) is 40.2 Å². The van der Waals surface area contributed by atoms with Crippen LogP contribution in [0.2, 0.25) is 0 Å². The van der Waals surface area contributed by atoms with Gasteiger partial charge in [-0.1, -0.05) is 5.92 Å². The van der Waals surface area contributed by atoms with Gasteiger partial charge >= 0.3 is 5.63 Å². The van der Waals surface area contributed by atoms with E-state index in [1.807, 2.05) is 0 Å². The summed E-state index contributed by atoms with van der Waals surface area (Å²) in [6.07, 6.45) is 5.16. The van der Waals surface area contributed by atoms with Crippen molar-refractivity contribution in [2.45, 2.75) is 0 Å². The van der Waals surface area contributed by atoms with Gasteiger partial charge < -0.3 is 9.15 Å². The van der Waals surface area contributed by atoms with Crippen molar-refractivity contribution in [2.24, 2.45) is 0 Å². The molecule has 0 radical (unpaired) electrons. The first-order valence-corrected chi connectivity index (χ1v) is 4.33. The van der Waals surface area contributed by atoms with Gasteiger partial charge in [0, 0.05) is 11.5 Å². The van der Waals surface area contributed by atoms with Crippen LogP contribution in [0.3, 0.4) is 0 Å². The molecule has 0 N–H and O–H groups in total. The third kappa shape index (κ3) is 1.57. The maximum atomic E-state index is 11.3. The van der Waals surface area contributed by atoms with Crippen LogP contribution in [0, 0.1) is 12.3 Å². The number of fused-ring (bicyclic) bond motifs is 1. The number of terminal acetylenes is 1. The Bertz CT molecular complexity index is 602. The molecule has 0 amide bonds. The Balaban J connectivity index is 2.77. The first-order chi connectivity index (χ1) is 7.24. The van der Waals surface area contributed by atoms with E-state index in [9.17, 15) is 4.79 Å². The van der Waals surface area contributed by atoms with Crippen LogP contribution < -0.4 is 10.4 Å². The molecule has 0 bridgehead atoms. The normalized spacial score (nSPS) is 9.87. The largest absolute Gasteiger partial charge is 0.497 e. The van der Waals surface area contributed by atoms with Crippen molar-refractivity contribution >= 4 is 11.0 Å². The highest BCUT2D eigenvalue weighted by Gasteiger charge is 2.03. The van der Waals surface area contributed by atoms with Crippen molar-refractivity contribution in [3.63, 3.8) is 0 Å². The number of rotatable bonds is 1. The molecule has 0 aliphatic rings. The molecular formula is C12H8O3. The Hall–Kier alpha value is -2.21. The smallest absolute Gasteiger partial charge is 0.352 e. The minimum Gasteiger partial charge on any atom is -0.497 e. The fraction of sp³-hybridized carbons (Fsp3) is 0.0833. The highest BCUT2D eigenvalue weighted by molar-refractivity contribution is 5.79. The second-order valence-corrected chi connectivity index (χ2v) is 3.00. The van der Waals surface area contributed by atoms with Gasteiger partial charge in [-0.3, -0.25) is 0 Å². The van der Waals surface area contributed by atoms with Crippen LogP contribution >= 0.6 is 0 Å². The van der Waals surface area contributed by atoms with Crippen molar-refractivity contribution in [1.82, 2.24) is 0 Å².